The van der Waals surface area contributed by atoms with E-state index in [4.69, 9.17) is 5.73 Å². The lowest BCUT2D eigenvalue weighted by molar-refractivity contribution is -0.136. The molecule has 80 valence electrons. The highest BCUT2D eigenvalue weighted by molar-refractivity contribution is 5.49. The molecule has 2 rings (SSSR count). The maximum atomic E-state index is 12.5. The monoisotopic (exact) mass is 216 g/mol. The van der Waals surface area contributed by atoms with Gasteiger partial charge in [-0.05, 0) is 12.1 Å². The number of hydrogen-bond donors (Lipinski definition) is 1. The zero-order valence-electron chi connectivity index (χ0n) is 7.49. The van der Waals surface area contributed by atoms with Crippen molar-refractivity contribution in [3.63, 3.8) is 0 Å². The Hall–Kier alpha value is -1.63. The Kier molecular flexibility index (Phi) is 2.11. The molecule has 0 radical (unpaired) electrons. The van der Waals surface area contributed by atoms with Crippen molar-refractivity contribution in [2.45, 2.75) is 12.7 Å². The summed E-state index contributed by atoms with van der Waals surface area (Å²) in [6.07, 6.45) is -2.98. The highest BCUT2D eigenvalue weighted by Gasteiger charge is 2.34. The topological polar surface area (TPSA) is 56.2 Å². The number of aromatic nitrogens is 3. The molecule has 2 aromatic rings. The fourth-order valence-electron chi connectivity index (χ4n) is 1.32. The van der Waals surface area contributed by atoms with Crippen LogP contribution in [0.25, 0.3) is 5.65 Å². The van der Waals surface area contributed by atoms with E-state index in [0.717, 1.165) is 6.07 Å². The van der Waals surface area contributed by atoms with Crippen LogP contribution < -0.4 is 5.73 Å². The van der Waals surface area contributed by atoms with Crippen molar-refractivity contribution in [1.82, 2.24) is 14.6 Å². The minimum atomic E-state index is -4.43. The minimum absolute atomic E-state index is 0.0441. The molecular formula is C8H7F3N4. The molecule has 0 amide bonds. The molecule has 0 saturated heterocycles. The van der Waals surface area contributed by atoms with E-state index in [-0.39, 0.29) is 12.2 Å². The van der Waals surface area contributed by atoms with E-state index >= 15 is 0 Å². The van der Waals surface area contributed by atoms with E-state index < -0.39 is 11.7 Å². The summed E-state index contributed by atoms with van der Waals surface area (Å²) < 4.78 is 38.8. The fourth-order valence-corrected chi connectivity index (χ4v) is 1.32. The Balaban J connectivity index is 2.73. The van der Waals surface area contributed by atoms with E-state index in [1.807, 2.05) is 0 Å². The van der Waals surface area contributed by atoms with Crippen LogP contribution in [0.4, 0.5) is 13.2 Å². The first kappa shape index (κ1) is 9.91. The second-order valence-corrected chi connectivity index (χ2v) is 2.93. The van der Waals surface area contributed by atoms with Crippen molar-refractivity contribution in [2.75, 3.05) is 0 Å². The smallest absolute Gasteiger partial charge is 0.324 e. The van der Waals surface area contributed by atoms with Crippen molar-refractivity contribution < 1.29 is 13.2 Å². The number of halogens is 3. The van der Waals surface area contributed by atoms with Crippen LogP contribution in [0, 0.1) is 0 Å². The molecule has 7 heteroatoms. The van der Waals surface area contributed by atoms with E-state index in [9.17, 15) is 13.2 Å². The summed E-state index contributed by atoms with van der Waals surface area (Å²) in [4.78, 5) is 0. The zero-order chi connectivity index (χ0) is 11.1. The van der Waals surface area contributed by atoms with Gasteiger partial charge in [-0.2, -0.15) is 13.2 Å². The average Bonchev–Trinajstić information content (AvgIpc) is 2.58. The lowest BCUT2D eigenvalue weighted by Crippen LogP contribution is -2.08. The molecule has 2 aromatic heterocycles. The van der Waals surface area contributed by atoms with Crippen LogP contribution in [0.5, 0.6) is 0 Å². The van der Waals surface area contributed by atoms with Crippen LogP contribution >= 0.6 is 0 Å². The molecule has 2 heterocycles. The van der Waals surface area contributed by atoms with Gasteiger partial charge in [0, 0.05) is 6.20 Å². The van der Waals surface area contributed by atoms with E-state index in [2.05, 4.69) is 10.2 Å². The average molecular weight is 216 g/mol. The lowest BCUT2D eigenvalue weighted by atomic mass is 10.2. The van der Waals surface area contributed by atoms with Gasteiger partial charge in [0.15, 0.2) is 11.5 Å². The maximum Gasteiger partial charge on any atom is 0.420 e. The molecule has 2 N–H and O–H groups in total. The van der Waals surface area contributed by atoms with E-state index in [1.54, 1.807) is 0 Å². The van der Waals surface area contributed by atoms with Crippen molar-refractivity contribution in [1.29, 1.82) is 0 Å². The predicted molar refractivity (Wildman–Crippen MR) is 45.9 cm³/mol. The highest BCUT2D eigenvalue weighted by atomic mass is 19.4. The largest absolute Gasteiger partial charge is 0.420 e. The van der Waals surface area contributed by atoms with Gasteiger partial charge in [-0.1, -0.05) is 0 Å². The number of pyridine rings is 1. The first-order chi connectivity index (χ1) is 7.04. The van der Waals surface area contributed by atoms with Crippen molar-refractivity contribution in [2.24, 2.45) is 5.73 Å². The van der Waals surface area contributed by atoms with E-state index in [1.165, 1.54) is 16.7 Å². The Morgan fingerprint density at radius 1 is 1.33 bits per heavy atom. The van der Waals surface area contributed by atoms with Gasteiger partial charge in [0.25, 0.3) is 0 Å². The molecule has 0 atom stereocenters. The number of hydrogen-bond acceptors (Lipinski definition) is 3. The second kappa shape index (κ2) is 3.20. The fraction of sp³-hybridized carbons (Fsp3) is 0.250. The number of alkyl halides is 3. The number of nitrogens with zero attached hydrogens (tertiary/aromatic N) is 3. The van der Waals surface area contributed by atoms with Gasteiger partial charge < -0.3 is 5.73 Å². The highest BCUT2D eigenvalue weighted by Crippen LogP contribution is 2.31. The summed E-state index contributed by atoms with van der Waals surface area (Å²) in [5.74, 6) is 0.302. The van der Waals surface area contributed by atoms with Gasteiger partial charge in [-0.15, -0.1) is 10.2 Å². The summed E-state index contributed by atoms with van der Waals surface area (Å²) in [5, 5.41) is 7.04. The van der Waals surface area contributed by atoms with Crippen LogP contribution in [0.15, 0.2) is 18.3 Å². The Labute approximate surface area is 82.5 Å². The number of nitrogens with two attached hydrogens (primary N) is 1. The summed E-state index contributed by atoms with van der Waals surface area (Å²) in [7, 11) is 0. The van der Waals surface area contributed by atoms with Gasteiger partial charge in [-0.25, -0.2) is 0 Å². The summed E-state index contributed by atoms with van der Waals surface area (Å²) in [6, 6.07) is 2.25. The van der Waals surface area contributed by atoms with Gasteiger partial charge in [-0.3, -0.25) is 4.40 Å². The van der Waals surface area contributed by atoms with E-state index in [0.29, 0.717) is 5.82 Å². The predicted octanol–water partition coefficient (Wildman–Crippen LogP) is 1.21. The van der Waals surface area contributed by atoms with Gasteiger partial charge >= 0.3 is 6.18 Å². The number of rotatable bonds is 1. The van der Waals surface area contributed by atoms with Crippen molar-refractivity contribution >= 4 is 5.65 Å². The molecule has 0 bridgehead atoms. The van der Waals surface area contributed by atoms with Crippen LogP contribution in [0.3, 0.4) is 0 Å². The maximum absolute atomic E-state index is 12.5. The molecule has 15 heavy (non-hydrogen) atoms. The third-order valence-corrected chi connectivity index (χ3v) is 1.99. The van der Waals surface area contributed by atoms with Gasteiger partial charge in [0.05, 0.1) is 6.54 Å². The lowest BCUT2D eigenvalue weighted by Gasteiger charge is -2.06. The third kappa shape index (κ3) is 1.54. The Morgan fingerprint density at radius 3 is 2.67 bits per heavy atom. The van der Waals surface area contributed by atoms with Crippen molar-refractivity contribution in [3.8, 4) is 0 Å². The molecule has 4 nitrogen and oxygen atoms in total. The first-order valence-electron chi connectivity index (χ1n) is 4.14. The molecule has 0 unspecified atom stereocenters. The standard InChI is InChI=1S/C8H7F3N4/c9-8(10,11)5-2-1-3-15-6(4-12)13-14-7(5)15/h1-3H,4,12H2. The van der Waals surface area contributed by atoms with Crippen molar-refractivity contribution in [3.05, 3.63) is 29.7 Å². The Bertz CT molecular complexity index is 488. The molecular weight excluding hydrogens is 209 g/mol. The SMILES string of the molecule is NCc1nnc2c(C(F)(F)F)cccn12. The molecule has 0 aromatic carbocycles. The number of fused-ring (bicyclic) bond motifs is 1. The van der Waals surface area contributed by atoms with Crippen LogP contribution in [0.1, 0.15) is 11.4 Å². The second-order valence-electron chi connectivity index (χ2n) is 2.93. The quantitative estimate of drug-likeness (QED) is 0.779. The minimum Gasteiger partial charge on any atom is -0.324 e. The molecule has 0 fully saturated rings. The molecule has 0 aliphatic heterocycles. The van der Waals surface area contributed by atoms with Crippen LogP contribution in [0.2, 0.25) is 0 Å². The normalized spacial score (nSPS) is 12.3. The molecule has 0 aliphatic rings. The third-order valence-electron chi connectivity index (χ3n) is 1.99. The van der Waals surface area contributed by atoms with Gasteiger partial charge in [0.2, 0.25) is 0 Å². The summed E-state index contributed by atoms with van der Waals surface area (Å²) in [6.45, 7) is 0.0441. The molecule has 0 aliphatic carbocycles. The zero-order valence-corrected chi connectivity index (χ0v) is 7.49. The van der Waals surface area contributed by atoms with Gasteiger partial charge in [0.1, 0.15) is 5.56 Å². The first-order valence-corrected chi connectivity index (χ1v) is 4.14. The molecule has 0 saturated carbocycles. The summed E-state index contributed by atoms with van der Waals surface area (Å²) in [5.41, 5.74) is 4.29. The summed E-state index contributed by atoms with van der Waals surface area (Å²) >= 11 is 0. The van der Waals surface area contributed by atoms with Crippen LogP contribution in [-0.2, 0) is 12.7 Å². The van der Waals surface area contributed by atoms with Crippen LogP contribution in [-0.4, -0.2) is 14.6 Å². The molecule has 0 spiro atoms. The Morgan fingerprint density at radius 2 is 2.07 bits per heavy atom.